The molecule has 2 nitrogen and oxygen atoms in total. The van der Waals surface area contributed by atoms with Gasteiger partial charge < -0.3 is 9.30 Å². The van der Waals surface area contributed by atoms with E-state index in [0.29, 0.717) is 0 Å². The second kappa shape index (κ2) is 4.92. The summed E-state index contributed by atoms with van der Waals surface area (Å²) in [4.78, 5) is 0. The zero-order valence-electron chi connectivity index (χ0n) is 12.7. The molecule has 1 heterocycles. The monoisotopic (exact) mass is 287 g/mol. The van der Waals surface area contributed by atoms with E-state index in [9.17, 15) is 0 Å². The van der Waals surface area contributed by atoms with Crippen molar-refractivity contribution in [3.05, 3.63) is 72.3 Å². The van der Waals surface area contributed by atoms with Gasteiger partial charge in [0.25, 0.3) is 0 Å². The Morgan fingerprint density at radius 3 is 2.27 bits per heavy atom. The Morgan fingerprint density at radius 2 is 1.50 bits per heavy atom. The standard InChI is InChI=1S/C20H17NO/c1-14-6-5-8-18-17-7-3-4-9-19(17)21(20(14)18)15-10-12-16(22-2)13-11-15/h3-13H,1-2H3. The van der Waals surface area contributed by atoms with Crippen LogP contribution in [0.2, 0.25) is 0 Å². The van der Waals surface area contributed by atoms with Gasteiger partial charge in [0.15, 0.2) is 0 Å². The van der Waals surface area contributed by atoms with Gasteiger partial charge in [-0.1, -0.05) is 36.4 Å². The van der Waals surface area contributed by atoms with E-state index in [1.807, 2.05) is 12.1 Å². The Kier molecular flexibility index (Phi) is 2.90. The fourth-order valence-electron chi connectivity index (χ4n) is 3.19. The highest BCUT2D eigenvalue weighted by atomic mass is 16.5. The van der Waals surface area contributed by atoms with Crippen LogP contribution in [0.3, 0.4) is 0 Å². The zero-order valence-corrected chi connectivity index (χ0v) is 12.7. The number of rotatable bonds is 2. The van der Waals surface area contributed by atoms with Crippen molar-refractivity contribution in [1.29, 1.82) is 0 Å². The molecule has 0 fully saturated rings. The van der Waals surface area contributed by atoms with E-state index in [4.69, 9.17) is 4.74 Å². The number of nitrogens with zero attached hydrogens (tertiary/aromatic N) is 1. The van der Waals surface area contributed by atoms with Crippen LogP contribution in [0.5, 0.6) is 5.75 Å². The van der Waals surface area contributed by atoms with E-state index in [2.05, 4.69) is 66.1 Å². The van der Waals surface area contributed by atoms with Crippen LogP contribution in [0, 0.1) is 6.92 Å². The molecule has 4 aromatic rings. The molecule has 2 heteroatoms. The second-order valence-electron chi connectivity index (χ2n) is 5.52. The third kappa shape index (κ3) is 1.81. The summed E-state index contributed by atoms with van der Waals surface area (Å²) >= 11 is 0. The lowest BCUT2D eigenvalue weighted by atomic mass is 10.1. The van der Waals surface area contributed by atoms with Crippen LogP contribution in [0.15, 0.2) is 66.7 Å². The number of fused-ring (bicyclic) bond motifs is 3. The molecular formula is C20H17NO. The van der Waals surface area contributed by atoms with Gasteiger partial charge >= 0.3 is 0 Å². The van der Waals surface area contributed by atoms with Gasteiger partial charge in [-0.15, -0.1) is 0 Å². The van der Waals surface area contributed by atoms with E-state index in [1.54, 1.807) is 7.11 Å². The SMILES string of the molecule is COc1ccc(-n2c3ccccc3c3cccc(C)c32)cc1. The van der Waals surface area contributed by atoms with Gasteiger partial charge in [0.2, 0.25) is 0 Å². The van der Waals surface area contributed by atoms with Crippen LogP contribution >= 0.6 is 0 Å². The van der Waals surface area contributed by atoms with Gasteiger partial charge in [0, 0.05) is 16.5 Å². The molecule has 0 saturated carbocycles. The molecule has 3 aromatic carbocycles. The number of aryl methyl sites for hydroxylation is 1. The molecule has 0 spiro atoms. The maximum atomic E-state index is 5.28. The van der Waals surface area contributed by atoms with Crippen molar-refractivity contribution in [1.82, 2.24) is 4.57 Å². The molecule has 0 aliphatic heterocycles. The predicted molar refractivity (Wildman–Crippen MR) is 92.1 cm³/mol. The van der Waals surface area contributed by atoms with Crippen LogP contribution in [-0.2, 0) is 0 Å². The summed E-state index contributed by atoms with van der Waals surface area (Å²) in [5, 5.41) is 2.59. The molecule has 0 radical (unpaired) electrons. The van der Waals surface area contributed by atoms with Gasteiger partial charge in [-0.25, -0.2) is 0 Å². The summed E-state index contributed by atoms with van der Waals surface area (Å²) in [6.07, 6.45) is 0. The van der Waals surface area contributed by atoms with Crippen molar-refractivity contribution < 1.29 is 4.74 Å². The molecule has 22 heavy (non-hydrogen) atoms. The lowest BCUT2D eigenvalue weighted by molar-refractivity contribution is 0.415. The average Bonchev–Trinajstić information content (AvgIpc) is 2.91. The number of hydrogen-bond acceptors (Lipinski definition) is 1. The summed E-state index contributed by atoms with van der Waals surface area (Å²) in [5.41, 5.74) is 4.94. The summed E-state index contributed by atoms with van der Waals surface area (Å²) in [6.45, 7) is 2.17. The molecular weight excluding hydrogens is 270 g/mol. The zero-order chi connectivity index (χ0) is 15.1. The quantitative estimate of drug-likeness (QED) is 0.500. The maximum absolute atomic E-state index is 5.28. The highest BCUT2D eigenvalue weighted by Gasteiger charge is 2.13. The number of ether oxygens (including phenoxy) is 1. The Bertz CT molecular complexity index is 964. The molecule has 0 aliphatic carbocycles. The molecule has 0 aliphatic rings. The molecule has 4 rings (SSSR count). The minimum atomic E-state index is 0.876. The Balaban J connectivity index is 2.13. The number of hydrogen-bond donors (Lipinski definition) is 0. The van der Waals surface area contributed by atoms with Crippen LogP contribution < -0.4 is 4.74 Å². The van der Waals surface area contributed by atoms with Crippen LogP contribution in [0.4, 0.5) is 0 Å². The first kappa shape index (κ1) is 13.0. The van der Waals surface area contributed by atoms with Crippen LogP contribution in [-0.4, -0.2) is 11.7 Å². The molecule has 0 amide bonds. The van der Waals surface area contributed by atoms with Gasteiger partial charge in [-0.3, -0.25) is 0 Å². The minimum absolute atomic E-state index is 0.876. The fourth-order valence-corrected chi connectivity index (χ4v) is 3.19. The van der Waals surface area contributed by atoms with E-state index >= 15 is 0 Å². The van der Waals surface area contributed by atoms with Crippen molar-refractivity contribution >= 4 is 21.8 Å². The second-order valence-corrected chi connectivity index (χ2v) is 5.52. The maximum Gasteiger partial charge on any atom is 0.119 e. The molecule has 1 aromatic heterocycles. The van der Waals surface area contributed by atoms with Gasteiger partial charge in [-0.05, 0) is 42.8 Å². The first-order chi connectivity index (χ1) is 10.8. The first-order valence-corrected chi connectivity index (χ1v) is 7.43. The normalized spacial score (nSPS) is 11.2. The summed E-state index contributed by atoms with van der Waals surface area (Å²) < 4.78 is 7.61. The Hall–Kier alpha value is -2.74. The molecule has 0 N–H and O–H groups in total. The van der Waals surface area contributed by atoms with Crippen molar-refractivity contribution in [2.75, 3.05) is 7.11 Å². The Labute approximate surface area is 129 Å². The van der Waals surface area contributed by atoms with Crippen molar-refractivity contribution in [2.45, 2.75) is 6.92 Å². The third-order valence-electron chi connectivity index (χ3n) is 4.23. The largest absolute Gasteiger partial charge is 0.497 e. The van der Waals surface area contributed by atoms with Gasteiger partial charge in [-0.2, -0.15) is 0 Å². The van der Waals surface area contributed by atoms with Crippen molar-refractivity contribution in [3.8, 4) is 11.4 Å². The minimum Gasteiger partial charge on any atom is -0.497 e. The highest BCUT2D eigenvalue weighted by molar-refractivity contribution is 6.10. The van der Waals surface area contributed by atoms with E-state index in [1.165, 1.54) is 27.4 Å². The summed E-state index contributed by atoms with van der Waals surface area (Å²) in [5.74, 6) is 0.876. The predicted octanol–water partition coefficient (Wildman–Crippen LogP) is 5.10. The number of para-hydroxylation sites is 2. The number of methoxy groups -OCH3 is 1. The summed E-state index contributed by atoms with van der Waals surface area (Å²) in [7, 11) is 1.69. The van der Waals surface area contributed by atoms with E-state index in [0.717, 1.165) is 11.4 Å². The molecule has 0 atom stereocenters. The smallest absolute Gasteiger partial charge is 0.119 e. The fraction of sp³-hybridized carbons (Fsp3) is 0.100. The van der Waals surface area contributed by atoms with Gasteiger partial charge in [0.05, 0.1) is 18.1 Å². The molecule has 0 saturated heterocycles. The molecule has 0 unspecified atom stereocenters. The topological polar surface area (TPSA) is 14.2 Å². The third-order valence-corrected chi connectivity index (χ3v) is 4.23. The number of benzene rings is 3. The van der Waals surface area contributed by atoms with Crippen LogP contribution in [0.25, 0.3) is 27.5 Å². The lowest BCUT2D eigenvalue weighted by Gasteiger charge is -2.10. The number of aromatic nitrogens is 1. The van der Waals surface area contributed by atoms with Crippen molar-refractivity contribution in [2.24, 2.45) is 0 Å². The molecule has 108 valence electrons. The first-order valence-electron chi connectivity index (χ1n) is 7.43. The molecule has 0 bridgehead atoms. The van der Waals surface area contributed by atoms with Crippen molar-refractivity contribution in [3.63, 3.8) is 0 Å². The average molecular weight is 287 g/mol. The van der Waals surface area contributed by atoms with E-state index in [-0.39, 0.29) is 0 Å². The van der Waals surface area contributed by atoms with E-state index < -0.39 is 0 Å². The highest BCUT2D eigenvalue weighted by Crippen LogP contribution is 2.33. The van der Waals surface area contributed by atoms with Crippen LogP contribution in [0.1, 0.15) is 5.56 Å². The summed E-state index contributed by atoms with van der Waals surface area (Å²) in [6, 6.07) is 23.3. The lowest BCUT2D eigenvalue weighted by Crippen LogP contribution is -1.95. The Morgan fingerprint density at radius 1 is 0.773 bits per heavy atom. The van der Waals surface area contributed by atoms with Gasteiger partial charge in [0.1, 0.15) is 5.75 Å².